The van der Waals surface area contributed by atoms with E-state index in [1.165, 1.54) is 6.92 Å². The van der Waals surface area contributed by atoms with E-state index in [4.69, 9.17) is 23.2 Å². The van der Waals surface area contributed by atoms with E-state index in [2.05, 4.69) is 5.16 Å². The molecule has 1 amide bonds. The highest BCUT2D eigenvalue weighted by Crippen LogP contribution is 2.41. The second-order valence-electron chi connectivity index (χ2n) is 6.05. The van der Waals surface area contributed by atoms with Gasteiger partial charge in [0, 0.05) is 18.6 Å². The third-order valence-electron chi connectivity index (χ3n) is 4.23. The minimum Gasteiger partial charge on any atom is -0.493 e. The zero-order valence-electron chi connectivity index (χ0n) is 16.2. The van der Waals surface area contributed by atoms with Crippen LogP contribution in [0.15, 0.2) is 45.5 Å². The van der Waals surface area contributed by atoms with Crippen molar-refractivity contribution in [1.29, 1.82) is 0 Å². The van der Waals surface area contributed by atoms with Gasteiger partial charge in [-0.05, 0) is 24.3 Å². The normalized spacial score (nSPS) is 10.6. The summed E-state index contributed by atoms with van der Waals surface area (Å²) >= 11 is 0. The first kappa shape index (κ1) is 19.3. The summed E-state index contributed by atoms with van der Waals surface area (Å²) in [6, 6.07) is 8.93. The summed E-state index contributed by atoms with van der Waals surface area (Å²) in [5.74, 6) is 2.65. The van der Waals surface area contributed by atoms with Gasteiger partial charge in [0.2, 0.25) is 11.7 Å². The molecule has 0 aliphatic carbocycles. The molecule has 3 aromatic rings. The summed E-state index contributed by atoms with van der Waals surface area (Å²) in [4.78, 5) is 13.6. The number of furan rings is 1. The number of rotatable bonds is 8. The molecular formula is C20H22N2O6. The molecule has 0 saturated heterocycles. The minimum absolute atomic E-state index is 0.0891. The molecule has 0 fully saturated rings. The van der Waals surface area contributed by atoms with Gasteiger partial charge in [-0.1, -0.05) is 5.16 Å². The Labute approximate surface area is 162 Å². The fourth-order valence-corrected chi connectivity index (χ4v) is 2.81. The van der Waals surface area contributed by atoms with Crippen molar-refractivity contribution in [2.75, 3.05) is 21.3 Å². The van der Waals surface area contributed by atoms with E-state index in [-0.39, 0.29) is 5.91 Å². The van der Waals surface area contributed by atoms with Crippen LogP contribution in [0.5, 0.6) is 17.2 Å². The van der Waals surface area contributed by atoms with E-state index in [1.54, 1.807) is 56.8 Å². The summed E-state index contributed by atoms with van der Waals surface area (Å²) in [6.07, 6.45) is 1.58. The lowest BCUT2D eigenvalue weighted by atomic mass is 10.1. The average Bonchev–Trinajstić information content (AvgIpc) is 3.38. The van der Waals surface area contributed by atoms with Crippen LogP contribution < -0.4 is 14.2 Å². The number of ether oxygens (including phenoxy) is 3. The second kappa shape index (κ2) is 8.51. The highest BCUT2D eigenvalue weighted by molar-refractivity contribution is 5.73. The molecule has 8 heteroatoms. The van der Waals surface area contributed by atoms with Crippen molar-refractivity contribution < 1.29 is 27.9 Å². The number of carbonyl (C=O) groups excluding carboxylic acids is 1. The average molecular weight is 386 g/mol. The summed E-state index contributed by atoms with van der Waals surface area (Å²) in [5, 5.41) is 4.09. The van der Waals surface area contributed by atoms with Gasteiger partial charge in [-0.15, -0.1) is 0 Å². The predicted molar refractivity (Wildman–Crippen MR) is 100 cm³/mol. The number of hydrogen-bond acceptors (Lipinski definition) is 7. The van der Waals surface area contributed by atoms with Gasteiger partial charge in [0.25, 0.3) is 0 Å². The Bertz CT molecular complexity index is 907. The van der Waals surface area contributed by atoms with E-state index in [9.17, 15) is 4.79 Å². The topological polar surface area (TPSA) is 87.2 Å². The lowest BCUT2D eigenvalue weighted by Crippen LogP contribution is -2.27. The largest absolute Gasteiger partial charge is 0.493 e. The van der Waals surface area contributed by atoms with Crippen molar-refractivity contribution in [3.63, 3.8) is 0 Å². The highest BCUT2D eigenvalue weighted by atomic mass is 16.5. The molecule has 0 aliphatic heterocycles. The summed E-state index contributed by atoms with van der Waals surface area (Å²) in [7, 11) is 4.64. The first-order valence-electron chi connectivity index (χ1n) is 8.59. The lowest BCUT2D eigenvalue weighted by Gasteiger charge is -2.18. The fraction of sp³-hybridized carbons (Fsp3) is 0.300. The standard InChI is InChI=1S/C20H22N2O6/c1-13(23)22(12-16-6-5-7-27-16)11-15-10-17(28-21-15)14-8-18(24-2)20(26-4)19(9-14)25-3/h5-10H,11-12H2,1-4H3. The molecule has 28 heavy (non-hydrogen) atoms. The molecule has 0 spiro atoms. The highest BCUT2D eigenvalue weighted by Gasteiger charge is 2.18. The first-order chi connectivity index (χ1) is 13.5. The van der Waals surface area contributed by atoms with Gasteiger partial charge in [0.1, 0.15) is 11.5 Å². The molecule has 3 rings (SSSR count). The fourth-order valence-electron chi connectivity index (χ4n) is 2.81. The SMILES string of the molecule is COc1cc(-c2cc(CN(Cc3ccco3)C(C)=O)no2)cc(OC)c1OC. The summed E-state index contributed by atoms with van der Waals surface area (Å²) in [5.41, 5.74) is 1.33. The number of amides is 1. The van der Waals surface area contributed by atoms with Crippen molar-refractivity contribution in [1.82, 2.24) is 10.1 Å². The van der Waals surface area contributed by atoms with Crippen molar-refractivity contribution >= 4 is 5.91 Å². The summed E-state index contributed by atoms with van der Waals surface area (Å²) < 4.78 is 26.9. The molecule has 0 unspecified atom stereocenters. The Morgan fingerprint density at radius 2 is 1.79 bits per heavy atom. The van der Waals surface area contributed by atoms with E-state index in [0.29, 0.717) is 53.1 Å². The molecule has 0 saturated carbocycles. The molecule has 148 valence electrons. The van der Waals surface area contributed by atoms with Gasteiger partial charge in [0.15, 0.2) is 17.3 Å². The van der Waals surface area contributed by atoms with Crippen LogP contribution >= 0.6 is 0 Å². The Hall–Kier alpha value is -3.42. The third-order valence-corrected chi connectivity index (χ3v) is 4.23. The zero-order chi connectivity index (χ0) is 20.1. The second-order valence-corrected chi connectivity index (χ2v) is 6.05. The maximum Gasteiger partial charge on any atom is 0.220 e. The molecule has 0 bridgehead atoms. The third kappa shape index (κ3) is 4.11. The number of benzene rings is 1. The number of aromatic nitrogens is 1. The van der Waals surface area contributed by atoms with Gasteiger partial charge in [-0.25, -0.2) is 0 Å². The van der Waals surface area contributed by atoms with Crippen LogP contribution in [0.4, 0.5) is 0 Å². The molecule has 8 nitrogen and oxygen atoms in total. The quantitative estimate of drug-likeness (QED) is 0.585. The number of nitrogens with zero attached hydrogens (tertiary/aromatic N) is 2. The zero-order valence-corrected chi connectivity index (χ0v) is 16.2. The smallest absolute Gasteiger partial charge is 0.220 e. The predicted octanol–water partition coefficient (Wildman–Crippen LogP) is 3.51. The maximum absolute atomic E-state index is 12.0. The van der Waals surface area contributed by atoms with Crippen molar-refractivity contribution in [3.8, 4) is 28.6 Å². The van der Waals surface area contributed by atoms with Gasteiger partial charge < -0.3 is 28.1 Å². The molecule has 0 N–H and O–H groups in total. The molecule has 1 aromatic carbocycles. The van der Waals surface area contributed by atoms with E-state index >= 15 is 0 Å². The monoisotopic (exact) mass is 386 g/mol. The number of hydrogen-bond donors (Lipinski definition) is 0. The van der Waals surface area contributed by atoms with E-state index < -0.39 is 0 Å². The van der Waals surface area contributed by atoms with Crippen LogP contribution in [-0.2, 0) is 17.9 Å². The molecule has 0 aliphatic rings. The molecule has 0 radical (unpaired) electrons. The Balaban J connectivity index is 1.84. The number of carbonyl (C=O) groups is 1. The van der Waals surface area contributed by atoms with Crippen LogP contribution in [-0.4, -0.2) is 37.3 Å². The van der Waals surface area contributed by atoms with Crippen molar-refractivity contribution in [2.45, 2.75) is 20.0 Å². The lowest BCUT2D eigenvalue weighted by molar-refractivity contribution is -0.130. The molecular weight excluding hydrogens is 364 g/mol. The van der Waals surface area contributed by atoms with Gasteiger partial charge in [-0.3, -0.25) is 4.79 Å². The maximum atomic E-state index is 12.0. The molecule has 2 heterocycles. The van der Waals surface area contributed by atoms with Crippen molar-refractivity contribution in [3.05, 3.63) is 48.0 Å². The van der Waals surface area contributed by atoms with E-state index in [1.807, 2.05) is 6.07 Å². The Morgan fingerprint density at radius 3 is 2.32 bits per heavy atom. The van der Waals surface area contributed by atoms with Gasteiger partial charge >= 0.3 is 0 Å². The first-order valence-corrected chi connectivity index (χ1v) is 8.59. The van der Waals surface area contributed by atoms with Crippen LogP contribution in [0.3, 0.4) is 0 Å². The molecule has 0 atom stereocenters. The Kier molecular flexibility index (Phi) is 5.88. The Morgan fingerprint density at radius 1 is 1.07 bits per heavy atom. The van der Waals surface area contributed by atoms with Crippen LogP contribution in [0.2, 0.25) is 0 Å². The van der Waals surface area contributed by atoms with Crippen LogP contribution in [0, 0.1) is 0 Å². The minimum atomic E-state index is -0.0891. The van der Waals surface area contributed by atoms with Gasteiger partial charge in [0.05, 0.1) is 40.7 Å². The van der Waals surface area contributed by atoms with Crippen LogP contribution in [0.25, 0.3) is 11.3 Å². The van der Waals surface area contributed by atoms with Crippen molar-refractivity contribution in [2.24, 2.45) is 0 Å². The van der Waals surface area contributed by atoms with Gasteiger partial charge in [-0.2, -0.15) is 0 Å². The van der Waals surface area contributed by atoms with E-state index in [0.717, 1.165) is 0 Å². The van der Waals surface area contributed by atoms with Crippen LogP contribution in [0.1, 0.15) is 18.4 Å². The number of methoxy groups -OCH3 is 3. The molecule has 2 aromatic heterocycles. The summed E-state index contributed by atoms with van der Waals surface area (Å²) in [6.45, 7) is 2.15.